The zero-order valence-electron chi connectivity index (χ0n) is 14.8. The highest BCUT2D eigenvalue weighted by Gasteiger charge is 2.23. The van der Waals surface area contributed by atoms with E-state index in [1.807, 2.05) is 37.3 Å². The van der Waals surface area contributed by atoms with Gasteiger partial charge in [-0.1, -0.05) is 42.1 Å². The Morgan fingerprint density at radius 1 is 1.23 bits per heavy atom. The molecule has 0 aliphatic heterocycles. The Morgan fingerprint density at radius 3 is 2.73 bits per heavy atom. The van der Waals surface area contributed by atoms with Crippen LogP contribution in [0.15, 0.2) is 40.3 Å². The molecule has 0 spiro atoms. The predicted molar refractivity (Wildman–Crippen MR) is 108 cm³/mol. The fourth-order valence-corrected chi connectivity index (χ4v) is 5.68. The van der Waals surface area contributed by atoms with Crippen LogP contribution in [0, 0.1) is 0 Å². The third-order valence-electron chi connectivity index (χ3n) is 4.87. The molecule has 1 atom stereocenters. The van der Waals surface area contributed by atoms with E-state index in [2.05, 4.69) is 0 Å². The molecule has 1 aliphatic carbocycles. The second kappa shape index (κ2) is 7.00. The van der Waals surface area contributed by atoms with E-state index in [0.29, 0.717) is 10.7 Å². The summed E-state index contributed by atoms with van der Waals surface area (Å²) < 4.78 is 1.60. The van der Waals surface area contributed by atoms with Crippen molar-refractivity contribution in [1.82, 2.24) is 9.55 Å². The van der Waals surface area contributed by atoms with Gasteiger partial charge >= 0.3 is 0 Å². The van der Waals surface area contributed by atoms with Crippen molar-refractivity contribution in [2.75, 3.05) is 0 Å². The molecule has 1 aliphatic rings. The lowest BCUT2D eigenvalue weighted by atomic mass is 9.97. The Bertz CT molecular complexity index is 1040. The van der Waals surface area contributed by atoms with Crippen molar-refractivity contribution in [1.29, 1.82) is 0 Å². The summed E-state index contributed by atoms with van der Waals surface area (Å²) in [4.78, 5) is 32.5. The fraction of sp³-hybridized carbons (Fsp3) is 0.350. The molecule has 1 aromatic carbocycles. The van der Waals surface area contributed by atoms with E-state index in [0.717, 1.165) is 29.5 Å². The molecule has 0 radical (unpaired) electrons. The highest BCUT2D eigenvalue weighted by atomic mass is 32.2. The maximum absolute atomic E-state index is 12.9. The molecule has 26 heavy (non-hydrogen) atoms. The maximum atomic E-state index is 12.9. The van der Waals surface area contributed by atoms with Gasteiger partial charge in [0.25, 0.3) is 5.56 Å². The third-order valence-corrected chi connectivity index (χ3v) is 7.19. The van der Waals surface area contributed by atoms with Crippen LogP contribution in [0.2, 0.25) is 0 Å². The Kier molecular flexibility index (Phi) is 4.71. The van der Waals surface area contributed by atoms with Crippen LogP contribution < -0.4 is 5.56 Å². The van der Waals surface area contributed by atoms with Crippen LogP contribution in [0.3, 0.4) is 0 Å². The van der Waals surface area contributed by atoms with Gasteiger partial charge in [0.2, 0.25) is 0 Å². The Morgan fingerprint density at radius 2 is 1.96 bits per heavy atom. The van der Waals surface area contributed by atoms with Gasteiger partial charge in [-0.3, -0.25) is 14.2 Å². The number of thiophene rings is 1. The van der Waals surface area contributed by atoms with Crippen molar-refractivity contribution in [3.8, 4) is 0 Å². The minimum Gasteiger partial charge on any atom is -0.293 e. The quantitative estimate of drug-likeness (QED) is 0.384. The summed E-state index contributed by atoms with van der Waals surface area (Å²) in [6.45, 7) is 1.87. The third kappa shape index (κ3) is 3.01. The van der Waals surface area contributed by atoms with Crippen molar-refractivity contribution >= 4 is 39.1 Å². The van der Waals surface area contributed by atoms with Crippen molar-refractivity contribution in [2.45, 2.75) is 43.0 Å². The number of hydrogen-bond acceptors (Lipinski definition) is 5. The van der Waals surface area contributed by atoms with Gasteiger partial charge in [-0.2, -0.15) is 0 Å². The molecule has 0 saturated heterocycles. The molecule has 0 bridgehead atoms. The number of carbonyl (C=O) groups is 1. The minimum atomic E-state index is -0.303. The molecule has 0 fully saturated rings. The lowest BCUT2D eigenvalue weighted by Gasteiger charge is -2.13. The van der Waals surface area contributed by atoms with Crippen molar-refractivity contribution in [3.05, 3.63) is 56.7 Å². The van der Waals surface area contributed by atoms with Crippen LogP contribution in [0.25, 0.3) is 10.2 Å². The van der Waals surface area contributed by atoms with Crippen molar-refractivity contribution in [3.63, 3.8) is 0 Å². The molecule has 6 heteroatoms. The van der Waals surface area contributed by atoms with Crippen LogP contribution in [-0.4, -0.2) is 20.6 Å². The first-order valence-electron chi connectivity index (χ1n) is 8.83. The lowest BCUT2D eigenvalue weighted by molar-refractivity contribution is 0.0994. The van der Waals surface area contributed by atoms with E-state index >= 15 is 0 Å². The summed E-state index contributed by atoms with van der Waals surface area (Å²) in [6.07, 6.45) is 4.35. The normalized spacial score (nSPS) is 15.0. The molecule has 0 saturated carbocycles. The van der Waals surface area contributed by atoms with E-state index in [4.69, 9.17) is 4.98 Å². The van der Waals surface area contributed by atoms with Crippen molar-refractivity contribution < 1.29 is 4.79 Å². The first kappa shape index (κ1) is 17.5. The van der Waals surface area contributed by atoms with E-state index < -0.39 is 0 Å². The standard InChI is InChI=1S/C20H20N2O2S2/c1-12(17(23)13-8-4-3-5-9-13)25-20-21-18-16(19(24)22(20)2)14-10-6-7-11-15(14)26-18/h3-5,8-9,12H,6-7,10-11H2,1-2H3/t12-/m1/s1. The lowest BCUT2D eigenvalue weighted by Crippen LogP contribution is -2.22. The van der Waals surface area contributed by atoms with Gasteiger partial charge in [0.1, 0.15) is 4.83 Å². The van der Waals surface area contributed by atoms with Gasteiger partial charge in [-0.05, 0) is 38.2 Å². The summed E-state index contributed by atoms with van der Waals surface area (Å²) >= 11 is 3.00. The molecule has 3 aromatic rings. The number of fused-ring (bicyclic) bond motifs is 3. The number of carbonyl (C=O) groups excluding carboxylic acids is 1. The Balaban J connectivity index is 1.70. The molecule has 2 heterocycles. The minimum absolute atomic E-state index is 0.0104. The zero-order chi connectivity index (χ0) is 18.3. The van der Waals surface area contributed by atoms with Gasteiger partial charge in [-0.25, -0.2) is 4.98 Å². The zero-order valence-corrected chi connectivity index (χ0v) is 16.5. The first-order chi connectivity index (χ1) is 12.6. The van der Waals surface area contributed by atoms with Gasteiger partial charge in [-0.15, -0.1) is 11.3 Å². The Labute approximate surface area is 160 Å². The number of aromatic nitrogens is 2. The summed E-state index contributed by atoms with van der Waals surface area (Å²) in [5.41, 5.74) is 1.90. The average Bonchev–Trinajstić information content (AvgIpc) is 3.04. The molecule has 2 aromatic heterocycles. The van der Waals surface area contributed by atoms with Gasteiger partial charge in [0.05, 0.1) is 10.6 Å². The highest BCUT2D eigenvalue weighted by Crippen LogP contribution is 2.35. The monoisotopic (exact) mass is 384 g/mol. The topological polar surface area (TPSA) is 52.0 Å². The summed E-state index contributed by atoms with van der Waals surface area (Å²) in [6, 6.07) is 9.26. The van der Waals surface area contributed by atoms with Gasteiger partial charge in [0.15, 0.2) is 10.9 Å². The molecular weight excluding hydrogens is 364 g/mol. The van der Waals surface area contributed by atoms with E-state index in [-0.39, 0.29) is 16.6 Å². The van der Waals surface area contributed by atoms with Crippen LogP contribution in [0.5, 0.6) is 0 Å². The molecule has 4 nitrogen and oxygen atoms in total. The van der Waals surface area contributed by atoms with Crippen LogP contribution in [0.4, 0.5) is 0 Å². The van der Waals surface area contributed by atoms with Crippen molar-refractivity contribution in [2.24, 2.45) is 7.05 Å². The summed E-state index contributed by atoms with van der Waals surface area (Å²) in [5, 5.41) is 1.10. The predicted octanol–water partition coefficient (Wildman–Crippen LogP) is 4.24. The fourth-order valence-electron chi connectivity index (χ4n) is 3.42. The van der Waals surface area contributed by atoms with E-state index in [9.17, 15) is 9.59 Å². The highest BCUT2D eigenvalue weighted by molar-refractivity contribution is 8.00. The summed E-state index contributed by atoms with van der Waals surface area (Å²) in [7, 11) is 1.75. The number of aryl methyl sites for hydroxylation is 2. The van der Waals surface area contributed by atoms with Crippen LogP contribution in [-0.2, 0) is 19.9 Å². The molecule has 4 rings (SSSR count). The first-order valence-corrected chi connectivity index (χ1v) is 10.5. The molecule has 134 valence electrons. The number of thioether (sulfide) groups is 1. The number of rotatable bonds is 4. The number of Topliss-reactive ketones (excluding diaryl/α,β-unsaturated/α-hetero) is 1. The Hall–Kier alpha value is -1.92. The smallest absolute Gasteiger partial charge is 0.262 e. The van der Waals surface area contributed by atoms with E-state index in [1.165, 1.54) is 28.6 Å². The SMILES string of the molecule is C[C@@H](Sc1nc2sc3c(c2c(=O)n1C)CCCC3)C(=O)c1ccccc1. The number of benzene rings is 1. The van der Waals surface area contributed by atoms with Gasteiger partial charge in [0, 0.05) is 17.5 Å². The molecule has 0 unspecified atom stereocenters. The molecule has 0 amide bonds. The summed E-state index contributed by atoms with van der Waals surface area (Å²) in [5.74, 6) is 0.0513. The van der Waals surface area contributed by atoms with E-state index in [1.54, 1.807) is 23.0 Å². The number of nitrogens with zero attached hydrogens (tertiary/aromatic N) is 2. The molecule has 0 N–H and O–H groups in total. The maximum Gasteiger partial charge on any atom is 0.262 e. The average molecular weight is 385 g/mol. The molecular formula is C20H20N2O2S2. The second-order valence-corrected chi connectivity index (χ2v) is 9.03. The number of hydrogen-bond donors (Lipinski definition) is 0. The largest absolute Gasteiger partial charge is 0.293 e. The number of ketones is 1. The van der Waals surface area contributed by atoms with Crippen LogP contribution in [0.1, 0.15) is 40.6 Å². The second-order valence-electron chi connectivity index (χ2n) is 6.64. The van der Waals surface area contributed by atoms with Gasteiger partial charge < -0.3 is 0 Å². The van der Waals surface area contributed by atoms with Crippen LogP contribution >= 0.6 is 23.1 Å².